The van der Waals surface area contributed by atoms with Crippen molar-refractivity contribution in [3.8, 4) is 0 Å². The number of carbonyl (C=O) groups excluding carboxylic acids is 1. The Bertz CT molecular complexity index is 820. The van der Waals surface area contributed by atoms with Gasteiger partial charge in [-0.25, -0.2) is 4.99 Å². The monoisotopic (exact) mass is 556 g/mol. The van der Waals surface area contributed by atoms with Crippen molar-refractivity contribution < 1.29 is 9.90 Å². The molecule has 1 aromatic heterocycles. The fourth-order valence-electron chi connectivity index (χ4n) is 3.48. The molecule has 2 aromatic rings. The zero-order valence-electron chi connectivity index (χ0n) is 19.3. The molecule has 1 aromatic carbocycles. The van der Waals surface area contributed by atoms with Crippen molar-refractivity contribution >= 4 is 41.5 Å². The maximum atomic E-state index is 12.2. The Morgan fingerprint density at radius 1 is 1.16 bits per heavy atom. The number of amides is 1. The van der Waals surface area contributed by atoms with Crippen molar-refractivity contribution in [1.82, 2.24) is 20.4 Å². The normalized spacial score (nSPS) is 11.6. The number of halogens is 1. The third-order valence-corrected chi connectivity index (χ3v) is 4.86. The van der Waals surface area contributed by atoms with E-state index in [1.165, 1.54) is 0 Å². The van der Waals surface area contributed by atoms with E-state index in [9.17, 15) is 9.90 Å². The fraction of sp³-hybridized carbons (Fsp3) is 0.522. The van der Waals surface area contributed by atoms with Gasteiger partial charge >= 0.3 is 0 Å². The standard InChI is InChI=1S/C23H36N6O2.HI/c1-4-11-23(31,12-5-2)18-26-22(24-6-3)25-16-19-9-7-10-20(15-19)28-21(30)17-29-14-8-13-27-29;/h7-10,13-15,31H,4-6,11-12,16-18H2,1-3H3,(H,28,30)(H2,24,25,26);1H. The van der Waals surface area contributed by atoms with Crippen molar-refractivity contribution in [3.05, 3.63) is 48.3 Å². The van der Waals surface area contributed by atoms with Crippen LogP contribution in [0, 0.1) is 0 Å². The summed E-state index contributed by atoms with van der Waals surface area (Å²) in [6, 6.07) is 9.43. The Morgan fingerprint density at radius 2 is 1.91 bits per heavy atom. The van der Waals surface area contributed by atoms with Crippen LogP contribution in [0.15, 0.2) is 47.7 Å². The number of guanidine groups is 1. The molecule has 0 spiro atoms. The number of benzene rings is 1. The SMILES string of the molecule is CCCC(O)(CCC)CNC(=NCc1cccc(NC(=O)Cn2cccn2)c1)NCC.I. The predicted molar refractivity (Wildman–Crippen MR) is 140 cm³/mol. The quantitative estimate of drug-likeness (QED) is 0.182. The van der Waals surface area contributed by atoms with Crippen LogP contribution < -0.4 is 16.0 Å². The fourth-order valence-corrected chi connectivity index (χ4v) is 3.48. The van der Waals surface area contributed by atoms with Crippen molar-refractivity contribution in [3.63, 3.8) is 0 Å². The van der Waals surface area contributed by atoms with Gasteiger partial charge in [0.25, 0.3) is 0 Å². The van der Waals surface area contributed by atoms with Gasteiger partial charge in [0.05, 0.1) is 12.1 Å². The highest BCUT2D eigenvalue weighted by Crippen LogP contribution is 2.18. The van der Waals surface area contributed by atoms with Gasteiger partial charge in [-0.15, -0.1) is 24.0 Å². The summed E-state index contributed by atoms with van der Waals surface area (Å²) in [4.78, 5) is 16.8. The van der Waals surface area contributed by atoms with E-state index in [4.69, 9.17) is 0 Å². The molecular formula is C23H37IN6O2. The molecule has 0 fully saturated rings. The summed E-state index contributed by atoms with van der Waals surface area (Å²) < 4.78 is 1.58. The Hall–Kier alpha value is -2.14. The maximum absolute atomic E-state index is 12.2. The van der Waals surface area contributed by atoms with Gasteiger partial charge in [0.15, 0.2) is 5.96 Å². The number of anilines is 1. The molecule has 0 aliphatic heterocycles. The third kappa shape index (κ3) is 9.99. The molecule has 32 heavy (non-hydrogen) atoms. The number of aliphatic imine (C=N–C) groups is 1. The molecule has 0 saturated carbocycles. The Morgan fingerprint density at radius 3 is 2.53 bits per heavy atom. The molecule has 0 unspecified atom stereocenters. The van der Waals surface area contributed by atoms with Crippen LogP contribution in [0.1, 0.15) is 52.0 Å². The summed E-state index contributed by atoms with van der Waals surface area (Å²) in [7, 11) is 0. The first-order valence-corrected chi connectivity index (χ1v) is 11.1. The highest BCUT2D eigenvalue weighted by molar-refractivity contribution is 14.0. The summed E-state index contributed by atoms with van der Waals surface area (Å²) in [5.41, 5.74) is 0.980. The smallest absolute Gasteiger partial charge is 0.246 e. The molecule has 0 aliphatic rings. The van der Waals surface area contributed by atoms with E-state index >= 15 is 0 Å². The molecule has 8 nitrogen and oxygen atoms in total. The van der Waals surface area contributed by atoms with Crippen LogP contribution in [-0.4, -0.2) is 45.4 Å². The second-order valence-corrected chi connectivity index (χ2v) is 7.73. The second-order valence-electron chi connectivity index (χ2n) is 7.73. The van der Waals surface area contributed by atoms with E-state index in [1.807, 2.05) is 31.2 Å². The number of nitrogens with zero attached hydrogens (tertiary/aromatic N) is 3. The van der Waals surface area contributed by atoms with Crippen LogP contribution in [0.4, 0.5) is 5.69 Å². The second kappa shape index (κ2) is 14.8. The lowest BCUT2D eigenvalue weighted by atomic mass is 9.93. The van der Waals surface area contributed by atoms with E-state index in [0.29, 0.717) is 19.0 Å². The highest BCUT2D eigenvalue weighted by atomic mass is 127. The number of rotatable bonds is 12. The summed E-state index contributed by atoms with van der Waals surface area (Å²) >= 11 is 0. The van der Waals surface area contributed by atoms with Gasteiger partial charge in [-0.3, -0.25) is 9.48 Å². The van der Waals surface area contributed by atoms with E-state index in [1.54, 1.807) is 23.1 Å². The number of carbonyl (C=O) groups is 1. The Kier molecular flexibility index (Phi) is 12.9. The van der Waals surface area contributed by atoms with Crippen molar-refractivity contribution in [2.24, 2.45) is 4.99 Å². The topological polar surface area (TPSA) is 104 Å². The first-order chi connectivity index (χ1) is 15.0. The summed E-state index contributed by atoms with van der Waals surface area (Å²) in [6.45, 7) is 8.00. The number of hydrogen-bond donors (Lipinski definition) is 4. The molecular weight excluding hydrogens is 519 g/mol. The number of aromatic nitrogens is 2. The van der Waals surface area contributed by atoms with Gasteiger partial charge in [0, 0.05) is 31.2 Å². The van der Waals surface area contributed by atoms with Crippen molar-refractivity contribution in [2.45, 2.75) is 65.1 Å². The maximum Gasteiger partial charge on any atom is 0.246 e. The number of nitrogens with one attached hydrogen (secondary N) is 3. The average molecular weight is 556 g/mol. The third-order valence-electron chi connectivity index (χ3n) is 4.86. The van der Waals surface area contributed by atoms with Gasteiger partial charge in [-0.05, 0) is 43.5 Å². The van der Waals surface area contributed by atoms with E-state index < -0.39 is 5.60 Å². The van der Waals surface area contributed by atoms with Crippen LogP contribution in [0.25, 0.3) is 0 Å². The Labute approximate surface area is 208 Å². The molecule has 0 saturated heterocycles. The largest absolute Gasteiger partial charge is 0.388 e. The zero-order valence-corrected chi connectivity index (χ0v) is 21.6. The molecule has 0 bridgehead atoms. The summed E-state index contributed by atoms with van der Waals surface area (Å²) in [6.07, 6.45) is 6.78. The van der Waals surface area contributed by atoms with Gasteiger partial charge in [0.1, 0.15) is 6.54 Å². The van der Waals surface area contributed by atoms with Crippen molar-refractivity contribution in [1.29, 1.82) is 0 Å². The summed E-state index contributed by atoms with van der Waals surface area (Å²) in [5, 5.41) is 24.3. The lowest BCUT2D eigenvalue weighted by Crippen LogP contribution is -2.47. The lowest BCUT2D eigenvalue weighted by Gasteiger charge is -2.28. The minimum absolute atomic E-state index is 0. The minimum atomic E-state index is -0.724. The summed E-state index contributed by atoms with van der Waals surface area (Å²) in [5.74, 6) is 0.534. The molecule has 0 radical (unpaired) electrons. The molecule has 2 rings (SSSR count). The molecule has 4 N–H and O–H groups in total. The molecule has 9 heteroatoms. The highest BCUT2D eigenvalue weighted by Gasteiger charge is 2.24. The minimum Gasteiger partial charge on any atom is -0.388 e. The lowest BCUT2D eigenvalue weighted by molar-refractivity contribution is -0.116. The average Bonchev–Trinajstić information content (AvgIpc) is 3.23. The van der Waals surface area contributed by atoms with E-state index in [2.05, 4.69) is 39.9 Å². The van der Waals surface area contributed by atoms with Crippen molar-refractivity contribution in [2.75, 3.05) is 18.4 Å². The van der Waals surface area contributed by atoms with E-state index in [-0.39, 0.29) is 36.4 Å². The van der Waals surface area contributed by atoms with Crippen LogP contribution in [-0.2, 0) is 17.9 Å². The van der Waals surface area contributed by atoms with Crippen LogP contribution in [0.2, 0.25) is 0 Å². The van der Waals surface area contributed by atoms with Gasteiger partial charge in [-0.1, -0.05) is 38.8 Å². The van der Waals surface area contributed by atoms with Gasteiger partial charge < -0.3 is 21.1 Å². The molecule has 0 aliphatic carbocycles. The zero-order chi connectivity index (χ0) is 22.5. The first-order valence-electron chi connectivity index (χ1n) is 11.1. The molecule has 1 heterocycles. The number of aliphatic hydroxyl groups is 1. The molecule has 0 atom stereocenters. The molecule has 178 valence electrons. The number of hydrogen-bond acceptors (Lipinski definition) is 4. The van der Waals surface area contributed by atoms with Gasteiger partial charge in [0.2, 0.25) is 5.91 Å². The van der Waals surface area contributed by atoms with Crippen LogP contribution in [0.5, 0.6) is 0 Å². The van der Waals surface area contributed by atoms with Gasteiger partial charge in [-0.2, -0.15) is 5.10 Å². The van der Waals surface area contributed by atoms with Crippen LogP contribution in [0.3, 0.4) is 0 Å². The van der Waals surface area contributed by atoms with E-state index in [0.717, 1.165) is 43.5 Å². The molecule has 1 amide bonds. The first kappa shape index (κ1) is 27.9. The Balaban J connectivity index is 0.00000512. The van der Waals surface area contributed by atoms with Crippen LogP contribution >= 0.6 is 24.0 Å². The predicted octanol–water partition coefficient (Wildman–Crippen LogP) is 3.53.